The molecule has 2 aliphatic carbocycles. The van der Waals surface area contributed by atoms with Gasteiger partial charge in [0, 0.05) is 13.0 Å². The molecule has 0 aliphatic heterocycles. The quantitative estimate of drug-likeness (QED) is 0.503. The number of fused-ring (bicyclic) bond motifs is 1. The van der Waals surface area contributed by atoms with E-state index in [-0.39, 0.29) is 0 Å². The fourth-order valence-electron chi connectivity index (χ4n) is 2.13. The van der Waals surface area contributed by atoms with Crippen LogP contribution in [0, 0.1) is 11.8 Å². The van der Waals surface area contributed by atoms with E-state index in [1.165, 1.54) is 19.3 Å². The van der Waals surface area contributed by atoms with Crippen LogP contribution in [0.25, 0.3) is 0 Å². The topological polar surface area (TPSA) is 9.23 Å². The van der Waals surface area contributed by atoms with Gasteiger partial charge in [0.25, 0.3) is 0 Å². The standard InChI is InChI=1S/C9H14O/c1-10-9-6-7-4-2-3-5-8(7)9/h3,5,7-9H,2,4,6H2,1H3/t7-,8-,9+/m0/s1. The van der Waals surface area contributed by atoms with E-state index >= 15 is 0 Å². The van der Waals surface area contributed by atoms with Crippen LogP contribution in [-0.4, -0.2) is 13.2 Å². The van der Waals surface area contributed by atoms with Crippen molar-refractivity contribution in [3.8, 4) is 0 Å². The Labute approximate surface area is 62.1 Å². The highest BCUT2D eigenvalue weighted by molar-refractivity contribution is 5.07. The number of ether oxygens (including phenoxy) is 1. The minimum atomic E-state index is 0.543. The van der Waals surface area contributed by atoms with E-state index in [4.69, 9.17) is 4.74 Å². The van der Waals surface area contributed by atoms with Gasteiger partial charge in [0.15, 0.2) is 0 Å². The summed E-state index contributed by atoms with van der Waals surface area (Å²) in [5.74, 6) is 1.72. The molecule has 0 N–H and O–H groups in total. The van der Waals surface area contributed by atoms with Gasteiger partial charge in [0.2, 0.25) is 0 Å². The molecule has 1 fully saturated rings. The van der Waals surface area contributed by atoms with Crippen molar-refractivity contribution >= 4 is 0 Å². The molecule has 0 aromatic carbocycles. The smallest absolute Gasteiger partial charge is 0.0639 e. The maximum absolute atomic E-state index is 5.30. The number of rotatable bonds is 1. The third kappa shape index (κ3) is 0.807. The van der Waals surface area contributed by atoms with Crippen LogP contribution < -0.4 is 0 Å². The molecule has 0 bridgehead atoms. The highest BCUT2D eigenvalue weighted by Crippen LogP contribution is 2.42. The molecule has 0 spiro atoms. The number of allylic oxidation sites excluding steroid dienone is 1. The molecule has 0 heterocycles. The molecule has 0 aromatic rings. The van der Waals surface area contributed by atoms with Crippen molar-refractivity contribution in [2.75, 3.05) is 7.11 Å². The maximum Gasteiger partial charge on any atom is 0.0639 e. The average Bonchev–Trinajstić information content (AvgIpc) is 1.92. The Morgan fingerprint density at radius 1 is 1.50 bits per heavy atom. The van der Waals surface area contributed by atoms with Crippen LogP contribution in [0.15, 0.2) is 12.2 Å². The molecular weight excluding hydrogens is 124 g/mol. The van der Waals surface area contributed by atoms with Crippen LogP contribution in [0.4, 0.5) is 0 Å². The fourth-order valence-corrected chi connectivity index (χ4v) is 2.13. The SMILES string of the molecule is CO[C@@H]1C[C@@H]2CCC=C[C@@H]21. The van der Waals surface area contributed by atoms with E-state index in [1.54, 1.807) is 0 Å². The van der Waals surface area contributed by atoms with Crippen LogP contribution in [0.2, 0.25) is 0 Å². The summed E-state index contributed by atoms with van der Waals surface area (Å²) in [4.78, 5) is 0. The van der Waals surface area contributed by atoms with Gasteiger partial charge in [-0.05, 0) is 25.2 Å². The lowest BCUT2D eigenvalue weighted by Crippen LogP contribution is -2.42. The zero-order chi connectivity index (χ0) is 6.97. The van der Waals surface area contributed by atoms with Crippen molar-refractivity contribution in [3.05, 3.63) is 12.2 Å². The lowest BCUT2D eigenvalue weighted by Gasteiger charge is -2.44. The first kappa shape index (κ1) is 6.41. The summed E-state index contributed by atoms with van der Waals surface area (Å²) in [6.07, 6.45) is 9.16. The van der Waals surface area contributed by atoms with Crippen molar-refractivity contribution in [2.24, 2.45) is 11.8 Å². The van der Waals surface area contributed by atoms with E-state index in [1.807, 2.05) is 7.11 Å². The summed E-state index contributed by atoms with van der Waals surface area (Å²) in [5.41, 5.74) is 0. The van der Waals surface area contributed by atoms with E-state index in [0.29, 0.717) is 6.10 Å². The minimum absolute atomic E-state index is 0.543. The Bertz CT molecular complexity index is 151. The van der Waals surface area contributed by atoms with Gasteiger partial charge in [0.05, 0.1) is 6.10 Å². The largest absolute Gasteiger partial charge is 0.381 e. The van der Waals surface area contributed by atoms with Gasteiger partial charge in [-0.2, -0.15) is 0 Å². The minimum Gasteiger partial charge on any atom is -0.381 e. The third-order valence-corrected chi connectivity index (χ3v) is 2.87. The lowest BCUT2D eigenvalue weighted by molar-refractivity contribution is -0.0461. The Morgan fingerprint density at radius 2 is 2.40 bits per heavy atom. The Morgan fingerprint density at radius 3 is 3.10 bits per heavy atom. The summed E-state index contributed by atoms with van der Waals surface area (Å²) >= 11 is 0. The molecule has 1 nitrogen and oxygen atoms in total. The first-order valence-corrected chi connectivity index (χ1v) is 4.11. The molecule has 2 aliphatic rings. The van der Waals surface area contributed by atoms with Crippen molar-refractivity contribution < 1.29 is 4.74 Å². The molecule has 2 rings (SSSR count). The van der Waals surface area contributed by atoms with Crippen LogP contribution >= 0.6 is 0 Å². The van der Waals surface area contributed by atoms with Gasteiger partial charge in [-0.15, -0.1) is 0 Å². The van der Waals surface area contributed by atoms with Gasteiger partial charge in [-0.25, -0.2) is 0 Å². The summed E-state index contributed by atoms with van der Waals surface area (Å²) in [5, 5.41) is 0. The summed E-state index contributed by atoms with van der Waals surface area (Å²) in [6.45, 7) is 0. The molecule has 10 heavy (non-hydrogen) atoms. The van der Waals surface area contributed by atoms with Crippen molar-refractivity contribution in [1.82, 2.24) is 0 Å². The Balaban J connectivity index is 2.00. The van der Waals surface area contributed by atoms with Gasteiger partial charge in [-0.3, -0.25) is 0 Å². The summed E-state index contributed by atoms with van der Waals surface area (Å²) < 4.78 is 5.30. The van der Waals surface area contributed by atoms with Crippen molar-refractivity contribution in [3.63, 3.8) is 0 Å². The molecule has 1 heteroatoms. The number of methoxy groups -OCH3 is 1. The Kier molecular flexibility index (Phi) is 1.53. The molecule has 0 radical (unpaired) electrons. The first-order valence-electron chi connectivity index (χ1n) is 4.11. The second-order valence-corrected chi connectivity index (χ2v) is 3.35. The van der Waals surface area contributed by atoms with Crippen LogP contribution in [-0.2, 0) is 4.74 Å². The fraction of sp³-hybridized carbons (Fsp3) is 0.778. The maximum atomic E-state index is 5.30. The van der Waals surface area contributed by atoms with Crippen molar-refractivity contribution in [2.45, 2.75) is 25.4 Å². The highest BCUT2D eigenvalue weighted by atomic mass is 16.5. The predicted octanol–water partition coefficient (Wildman–Crippen LogP) is 1.99. The van der Waals surface area contributed by atoms with Gasteiger partial charge >= 0.3 is 0 Å². The monoisotopic (exact) mass is 138 g/mol. The molecule has 56 valence electrons. The molecule has 3 atom stereocenters. The van der Waals surface area contributed by atoms with Gasteiger partial charge in [-0.1, -0.05) is 12.2 Å². The van der Waals surface area contributed by atoms with Gasteiger partial charge in [0.1, 0.15) is 0 Å². The summed E-state index contributed by atoms with van der Waals surface area (Å²) in [7, 11) is 1.82. The number of hydrogen-bond donors (Lipinski definition) is 0. The summed E-state index contributed by atoms with van der Waals surface area (Å²) in [6, 6.07) is 0. The molecule has 0 unspecified atom stereocenters. The first-order chi connectivity index (χ1) is 4.92. The highest BCUT2D eigenvalue weighted by Gasteiger charge is 2.39. The van der Waals surface area contributed by atoms with E-state index in [0.717, 1.165) is 11.8 Å². The lowest BCUT2D eigenvalue weighted by atomic mass is 9.66. The predicted molar refractivity (Wildman–Crippen MR) is 40.8 cm³/mol. The van der Waals surface area contributed by atoms with Crippen LogP contribution in [0.3, 0.4) is 0 Å². The molecule has 1 saturated carbocycles. The zero-order valence-corrected chi connectivity index (χ0v) is 6.42. The molecule has 0 amide bonds. The van der Waals surface area contributed by atoms with Gasteiger partial charge < -0.3 is 4.74 Å². The molecule has 0 aromatic heterocycles. The third-order valence-electron chi connectivity index (χ3n) is 2.87. The second-order valence-electron chi connectivity index (χ2n) is 3.35. The second kappa shape index (κ2) is 2.39. The van der Waals surface area contributed by atoms with E-state index in [9.17, 15) is 0 Å². The van der Waals surface area contributed by atoms with Crippen LogP contribution in [0.5, 0.6) is 0 Å². The molecule has 0 saturated heterocycles. The number of hydrogen-bond acceptors (Lipinski definition) is 1. The average molecular weight is 138 g/mol. The molecular formula is C9H14O. The normalized spacial score (nSPS) is 44.3. The van der Waals surface area contributed by atoms with E-state index < -0.39 is 0 Å². The van der Waals surface area contributed by atoms with Crippen molar-refractivity contribution in [1.29, 1.82) is 0 Å². The Hall–Kier alpha value is -0.300. The van der Waals surface area contributed by atoms with E-state index in [2.05, 4.69) is 12.2 Å². The zero-order valence-electron chi connectivity index (χ0n) is 6.42. The van der Waals surface area contributed by atoms with Crippen LogP contribution in [0.1, 0.15) is 19.3 Å².